The van der Waals surface area contributed by atoms with E-state index >= 15 is 0 Å². The molecule has 9 heteroatoms. The number of H-pyrrole nitrogens is 1. The van der Waals surface area contributed by atoms with Gasteiger partial charge >= 0.3 is 0 Å². The van der Waals surface area contributed by atoms with Crippen LogP contribution in [-0.2, 0) is 0 Å². The van der Waals surface area contributed by atoms with Gasteiger partial charge in [-0.2, -0.15) is 4.73 Å². The summed E-state index contributed by atoms with van der Waals surface area (Å²) >= 11 is 0. The number of fused-ring (bicyclic) bond motifs is 1. The number of imidazole rings is 1. The molecule has 0 aromatic carbocycles. The Kier molecular flexibility index (Phi) is 3.68. The molecule has 1 aliphatic rings. The van der Waals surface area contributed by atoms with Crippen LogP contribution in [0.5, 0.6) is 0 Å². The molecule has 0 aliphatic carbocycles. The summed E-state index contributed by atoms with van der Waals surface area (Å²) in [6.07, 6.45) is 5.71. The smallest absolute Gasteiger partial charge is 0.254 e. The Labute approximate surface area is 143 Å². The van der Waals surface area contributed by atoms with E-state index in [-0.39, 0.29) is 17.9 Å². The summed E-state index contributed by atoms with van der Waals surface area (Å²) in [5.41, 5.74) is 1.87. The van der Waals surface area contributed by atoms with E-state index < -0.39 is 0 Å². The number of hydrogen-bond donors (Lipinski definition) is 2. The lowest BCUT2D eigenvalue weighted by Gasteiger charge is -2.18. The van der Waals surface area contributed by atoms with Gasteiger partial charge in [-0.15, -0.1) is 0 Å². The molecule has 1 aliphatic heterocycles. The standard InChI is InChI=1S/C16H17N7O2/c1-10-6-22(16(24)11-2-4-23(25)5-3-11)7-12(10)21-15-13-14(18-8-17-13)19-9-20-15/h2-5,8-10,12H,6-7H2,1H3,(H2,17,18,19,20,21). The van der Waals surface area contributed by atoms with Crippen LogP contribution in [0.15, 0.2) is 37.2 Å². The minimum absolute atomic E-state index is 0.0681. The normalized spacial score (nSPS) is 20.1. The van der Waals surface area contributed by atoms with Gasteiger partial charge in [-0.1, -0.05) is 6.92 Å². The van der Waals surface area contributed by atoms with Crippen LogP contribution in [-0.4, -0.2) is 49.9 Å². The van der Waals surface area contributed by atoms with Crippen LogP contribution >= 0.6 is 0 Å². The van der Waals surface area contributed by atoms with Gasteiger partial charge in [0.25, 0.3) is 5.91 Å². The third-order valence-electron chi connectivity index (χ3n) is 4.49. The average molecular weight is 339 g/mol. The van der Waals surface area contributed by atoms with Gasteiger partial charge in [-0.3, -0.25) is 4.79 Å². The molecule has 1 amide bonds. The van der Waals surface area contributed by atoms with Crippen molar-refractivity contribution in [3.05, 3.63) is 48.0 Å². The molecule has 4 rings (SSSR count). The summed E-state index contributed by atoms with van der Waals surface area (Å²) < 4.78 is 0.665. The second kappa shape index (κ2) is 6.00. The van der Waals surface area contributed by atoms with Gasteiger partial charge in [-0.25, -0.2) is 15.0 Å². The van der Waals surface area contributed by atoms with Crippen molar-refractivity contribution < 1.29 is 9.52 Å². The number of hydrogen-bond acceptors (Lipinski definition) is 6. The van der Waals surface area contributed by atoms with E-state index in [9.17, 15) is 10.0 Å². The van der Waals surface area contributed by atoms with E-state index in [1.54, 1.807) is 23.4 Å². The fourth-order valence-corrected chi connectivity index (χ4v) is 3.11. The maximum atomic E-state index is 12.6. The van der Waals surface area contributed by atoms with Crippen LogP contribution in [0, 0.1) is 11.1 Å². The number of amides is 1. The molecule has 0 spiro atoms. The first-order valence-electron chi connectivity index (χ1n) is 8.00. The summed E-state index contributed by atoms with van der Waals surface area (Å²) in [5.74, 6) is 0.858. The predicted molar refractivity (Wildman–Crippen MR) is 89.6 cm³/mol. The number of aromatic amines is 1. The Bertz CT molecular complexity index is 908. The van der Waals surface area contributed by atoms with E-state index in [2.05, 4.69) is 32.2 Å². The van der Waals surface area contributed by atoms with Crippen LogP contribution in [0.2, 0.25) is 0 Å². The number of likely N-dealkylation sites (tertiary alicyclic amines) is 1. The second-order valence-electron chi connectivity index (χ2n) is 6.21. The lowest BCUT2D eigenvalue weighted by molar-refractivity contribution is -0.605. The fourth-order valence-electron chi connectivity index (χ4n) is 3.11. The molecular weight excluding hydrogens is 322 g/mol. The zero-order valence-electron chi connectivity index (χ0n) is 13.6. The lowest BCUT2D eigenvalue weighted by Crippen LogP contribution is -2.33. The molecule has 4 heterocycles. The molecule has 2 atom stereocenters. The number of carbonyl (C=O) groups is 1. The van der Waals surface area contributed by atoms with Crippen LogP contribution in [0.25, 0.3) is 11.2 Å². The SMILES string of the molecule is CC1CN(C(=O)c2cc[n+]([O-])cc2)CC1Nc1ncnc2nc[nH]c12. The summed E-state index contributed by atoms with van der Waals surface area (Å²) in [6.45, 7) is 3.29. The first-order valence-corrected chi connectivity index (χ1v) is 8.00. The van der Waals surface area contributed by atoms with E-state index in [1.807, 2.05) is 0 Å². The molecule has 9 nitrogen and oxygen atoms in total. The highest BCUT2D eigenvalue weighted by molar-refractivity contribution is 5.94. The van der Waals surface area contributed by atoms with Crippen molar-refractivity contribution in [1.82, 2.24) is 24.8 Å². The molecule has 3 aromatic rings. The molecule has 0 saturated carbocycles. The number of pyridine rings is 1. The minimum atomic E-state index is -0.0777. The molecular formula is C16H17N7O2. The van der Waals surface area contributed by atoms with Crippen molar-refractivity contribution in [1.29, 1.82) is 0 Å². The first-order chi connectivity index (χ1) is 12.1. The third kappa shape index (κ3) is 2.84. The maximum Gasteiger partial charge on any atom is 0.254 e. The molecule has 2 N–H and O–H groups in total. The van der Waals surface area contributed by atoms with Crippen molar-refractivity contribution in [2.75, 3.05) is 18.4 Å². The van der Waals surface area contributed by atoms with Crippen molar-refractivity contribution in [3.63, 3.8) is 0 Å². The highest BCUT2D eigenvalue weighted by Gasteiger charge is 2.33. The van der Waals surface area contributed by atoms with Crippen molar-refractivity contribution in [3.8, 4) is 0 Å². The second-order valence-corrected chi connectivity index (χ2v) is 6.21. The van der Waals surface area contributed by atoms with Crippen LogP contribution in [0.4, 0.5) is 5.82 Å². The number of aromatic nitrogens is 5. The first kappa shape index (κ1) is 15.3. The van der Waals surface area contributed by atoms with E-state index in [4.69, 9.17) is 0 Å². The number of rotatable bonds is 3. The minimum Gasteiger partial charge on any atom is -0.619 e. The van der Waals surface area contributed by atoms with Crippen molar-refractivity contribution >= 4 is 22.9 Å². The number of carbonyl (C=O) groups excluding carboxylic acids is 1. The Balaban J connectivity index is 1.50. The van der Waals surface area contributed by atoms with Crippen LogP contribution < -0.4 is 10.0 Å². The molecule has 2 unspecified atom stereocenters. The molecule has 1 fully saturated rings. The van der Waals surface area contributed by atoms with E-state index in [1.165, 1.54) is 18.7 Å². The van der Waals surface area contributed by atoms with Gasteiger partial charge in [0, 0.05) is 31.3 Å². The molecule has 3 aromatic heterocycles. The lowest BCUT2D eigenvalue weighted by atomic mass is 10.1. The van der Waals surface area contributed by atoms with Gasteiger partial charge < -0.3 is 20.4 Å². The largest absolute Gasteiger partial charge is 0.619 e. The Morgan fingerprint density at radius 2 is 2.12 bits per heavy atom. The Morgan fingerprint density at radius 1 is 1.32 bits per heavy atom. The predicted octanol–water partition coefficient (Wildman–Crippen LogP) is 0.559. The number of anilines is 1. The quantitative estimate of drug-likeness (QED) is 0.532. The van der Waals surface area contributed by atoms with Gasteiger partial charge in [0.05, 0.1) is 11.9 Å². The van der Waals surface area contributed by atoms with Crippen LogP contribution in [0.1, 0.15) is 17.3 Å². The zero-order chi connectivity index (χ0) is 17.4. The van der Waals surface area contributed by atoms with Gasteiger partial charge in [-0.05, 0) is 5.92 Å². The summed E-state index contributed by atoms with van der Waals surface area (Å²) in [6, 6.07) is 3.15. The monoisotopic (exact) mass is 339 g/mol. The van der Waals surface area contributed by atoms with Crippen molar-refractivity contribution in [2.45, 2.75) is 13.0 Å². The van der Waals surface area contributed by atoms with Gasteiger partial charge in [0.1, 0.15) is 11.8 Å². The molecule has 1 saturated heterocycles. The summed E-state index contributed by atoms with van der Waals surface area (Å²) in [4.78, 5) is 29.9. The van der Waals surface area contributed by atoms with E-state index in [0.29, 0.717) is 34.8 Å². The van der Waals surface area contributed by atoms with Gasteiger partial charge in [0.2, 0.25) is 0 Å². The Morgan fingerprint density at radius 3 is 2.92 bits per heavy atom. The zero-order valence-corrected chi connectivity index (χ0v) is 13.6. The maximum absolute atomic E-state index is 12.6. The highest BCUT2D eigenvalue weighted by atomic mass is 16.5. The molecule has 128 valence electrons. The molecule has 25 heavy (non-hydrogen) atoms. The van der Waals surface area contributed by atoms with Gasteiger partial charge in [0.15, 0.2) is 23.9 Å². The summed E-state index contributed by atoms with van der Waals surface area (Å²) in [5, 5.41) is 14.5. The fraction of sp³-hybridized carbons (Fsp3) is 0.312. The highest BCUT2D eigenvalue weighted by Crippen LogP contribution is 2.24. The Hall–Kier alpha value is -3.23. The molecule has 0 radical (unpaired) electrons. The van der Waals surface area contributed by atoms with E-state index in [0.717, 1.165) is 5.52 Å². The topological polar surface area (TPSA) is 114 Å². The van der Waals surface area contributed by atoms with Crippen molar-refractivity contribution in [2.24, 2.45) is 5.92 Å². The number of nitrogens with zero attached hydrogens (tertiary/aromatic N) is 5. The number of nitrogens with one attached hydrogen (secondary N) is 2. The summed E-state index contributed by atoms with van der Waals surface area (Å²) in [7, 11) is 0. The third-order valence-corrected chi connectivity index (χ3v) is 4.49. The average Bonchev–Trinajstić information content (AvgIpc) is 3.23. The molecule has 0 bridgehead atoms. The van der Waals surface area contributed by atoms with Crippen LogP contribution in [0.3, 0.4) is 0 Å².